The summed E-state index contributed by atoms with van der Waals surface area (Å²) in [7, 11) is -3.54. The molecule has 9 heteroatoms. The monoisotopic (exact) mass is 428 g/mol. The molecule has 0 bridgehead atoms. The second-order valence-corrected chi connectivity index (χ2v) is 8.49. The van der Waals surface area contributed by atoms with Gasteiger partial charge in [-0.25, -0.2) is 8.42 Å². The summed E-state index contributed by atoms with van der Waals surface area (Å²) in [6, 6.07) is 11.5. The third-order valence-electron chi connectivity index (χ3n) is 4.27. The molecule has 2 rings (SSSR count). The number of alkyl halides is 3. The van der Waals surface area contributed by atoms with Gasteiger partial charge in [0.05, 0.1) is 17.5 Å². The number of sulfonamides is 1. The first-order valence-corrected chi connectivity index (χ1v) is 10.9. The molecule has 0 radical (unpaired) electrons. The van der Waals surface area contributed by atoms with E-state index in [1.807, 2.05) is 19.1 Å². The van der Waals surface area contributed by atoms with E-state index < -0.39 is 27.7 Å². The molecule has 2 aromatic carbocycles. The second-order valence-electron chi connectivity index (χ2n) is 6.59. The summed E-state index contributed by atoms with van der Waals surface area (Å²) in [6.07, 6.45) is -2.40. The van der Waals surface area contributed by atoms with Crippen LogP contribution in [-0.2, 0) is 27.4 Å². The Morgan fingerprint density at radius 2 is 1.76 bits per heavy atom. The van der Waals surface area contributed by atoms with Crippen LogP contribution in [0.15, 0.2) is 48.5 Å². The number of nitrogens with one attached hydrogen (secondary N) is 1. The fourth-order valence-corrected chi connectivity index (χ4v) is 3.73. The minimum atomic E-state index is -4.50. The lowest BCUT2D eigenvalue weighted by Gasteiger charge is -2.22. The number of carbonyl (C=O) groups is 1. The lowest BCUT2D eigenvalue weighted by molar-refractivity contribution is -0.137. The Balaban J connectivity index is 1.98. The van der Waals surface area contributed by atoms with Crippen LogP contribution >= 0.6 is 0 Å². The van der Waals surface area contributed by atoms with Crippen LogP contribution in [0.3, 0.4) is 0 Å². The zero-order valence-electron chi connectivity index (χ0n) is 16.2. The maximum atomic E-state index is 12.7. The minimum absolute atomic E-state index is 0.0324. The van der Waals surface area contributed by atoms with Gasteiger partial charge in [0.2, 0.25) is 15.9 Å². The molecule has 2 aromatic rings. The summed E-state index contributed by atoms with van der Waals surface area (Å²) in [6.45, 7) is 2.08. The Morgan fingerprint density at radius 1 is 1.10 bits per heavy atom. The number of carbonyl (C=O) groups excluding carboxylic acids is 1. The fraction of sp³-hybridized carbons (Fsp3) is 0.350. The number of rotatable bonds is 8. The highest BCUT2D eigenvalue weighted by atomic mass is 32.2. The molecule has 0 aliphatic rings. The van der Waals surface area contributed by atoms with Crippen molar-refractivity contribution in [3.63, 3.8) is 0 Å². The van der Waals surface area contributed by atoms with Crippen LogP contribution in [0, 0.1) is 0 Å². The van der Waals surface area contributed by atoms with Gasteiger partial charge < -0.3 is 5.32 Å². The van der Waals surface area contributed by atoms with Crippen LogP contribution in [0.1, 0.15) is 30.9 Å². The Hall–Kier alpha value is -2.55. The Morgan fingerprint density at radius 3 is 2.31 bits per heavy atom. The topological polar surface area (TPSA) is 66.5 Å². The highest BCUT2D eigenvalue weighted by molar-refractivity contribution is 7.92. The van der Waals surface area contributed by atoms with Crippen molar-refractivity contribution >= 4 is 27.3 Å². The van der Waals surface area contributed by atoms with Crippen molar-refractivity contribution in [1.82, 2.24) is 0 Å². The second kappa shape index (κ2) is 9.30. The predicted molar refractivity (Wildman–Crippen MR) is 107 cm³/mol. The van der Waals surface area contributed by atoms with Crippen molar-refractivity contribution in [1.29, 1.82) is 0 Å². The molecular weight excluding hydrogens is 405 g/mol. The van der Waals surface area contributed by atoms with E-state index in [1.54, 1.807) is 12.1 Å². The lowest BCUT2D eigenvalue weighted by Crippen LogP contribution is -2.31. The van der Waals surface area contributed by atoms with Gasteiger partial charge in [0.25, 0.3) is 0 Å². The molecule has 5 nitrogen and oxygen atoms in total. The van der Waals surface area contributed by atoms with Gasteiger partial charge in [-0.1, -0.05) is 25.1 Å². The largest absolute Gasteiger partial charge is 0.416 e. The first-order chi connectivity index (χ1) is 13.5. The molecule has 1 N–H and O–H groups in total. The average molecular weight is 428 g/mol. The van der Waals surface area contributed by atoms with Gasteiger partial charge in [-0.3, -0.25) is 9.10 Å². The van der Waals surface area contributed by atoms with E-state index in [1.165, 1.54) is 16.4 Å². The standard InChI is InChI=1S/C20H23F3N2O3S/c1-3-15-9-11-18(12-10-15)25(29(2,27)28)13-5-8-19(26)24-17-7-4-6-16(14-17)20(21,22)23/h4,6-7,9-12,14H,3,5,8,13H2,1-2H3,(H,24,26). The molecule has 29 heavy (non-hydrogen) atoms. The van der Waals surface area contributed by atoms with Crippen molar-refractivity contribution in [2.75, 3.05) is 22.4 Å². The van der Waals surface area contributed by atoms with Gasteiger partial charge in [0, 0.05) is 18.7 Å². The maximum Gasteiger partial charge on any atom is 0.416 e. The molecule has 0 heterocycles. The molecule has 0 fully saturated rings. The number of hydrogen-bond acceptors (Lipinski definition) is 3. The van der Waals surface area contributed by atoms with Gasteiger partial charge in [-0.15, -0.1) is 0 Å². The van der Waals surface area contributed by atoms with E-state index in [0.717, 1.165) is 30.4 Å². The van der Waals surface area contributed by atoms with E-state index in [4.69, 9.17) is 0 Å². The summed E-state index contributed by atoms with van der Waals surface area (Å²) in [5, 5.41) is 2.41. The molecule has 1 amide bonds. The minimum Gasteiger partial charge on any atom is -0.326 e. The third-order valence-corrected chi connectivity index (χ3v) is 5.47. The highest BCUT2D eigenvalue weighted by Crippen LogP contribution is 2.30. The van der Waals surface area contributed by atoms with E-state index >= 15 is 0 Å². The van der Waals surface area contributed by atoms with E-state index in [-0.39, 0.29) is 25.1 Å². The van der Waals surface area contributed by atoms with Crippen LogP contribution in [0.5, 0.6) is 0 Å². The van der Waals surface area contributed by atoms with Gasteiger partial charge in [0.1, 0.15) is 0 Å². The van der Waals surface area contributed by atoms with Crippen LogP contribution in [0.2, 0.25) is 0 Å². The quantitative estimate of drug-likeness (QED) is 0.675. The van der Waals surface area contributed by atoms with E-state index in [2.05, 4.69) is 5.32 Å². The van der Waals surface area contributed by atoms with E-state index in [0.29, 0.717) is 5.69 Å². The highest BCUT2D eigenvalue weighted by Gasteiger charge is 2.30. The number of nitrogens with zero attached hydrogens (tertiary/aromatic N) is 1. The van der Waals surface area contributed by atoms with Gasteiger partial charge in [0.15, 0.2) is 0 Å². The Labute approximate surface area is 168 Å². The van der Waals surface area contributed by atoms with Crippen LogP contribution in [0.25, 0.3) is 0 Å². The summed E-state index contributed by atoms with van der Waals surface area (Å²) >= 11 is 0. The molecule has 0 aliphatic heterocycles. The number of hydrogen-bond donors (Lipinski definition) is 1. The lowest BCUT2D eigenvalue weighted by atomic mass is 10.1. The average Bonchev–Trinajstić information content (AvgIpc) is 2.64. The van der Waals surface area contributed by atoms with Crippen molar-refractivity contribution in [2.45, 2.75) is 32.4 Å². The summed E-state index contributed by atoms with van der Waals surface area (Å²) in [4.78, 5) is 12.1. The van der Waals surface area contributed by atoms with E-state index in [9.17, 15) is 26.4 Å². The van der Waals surface area contributed by atoms with Gasteiger partial charge in [-0.2, -0.15) is 13.2 Å². The molecule has 0 unspecified atom stereocenters. The zero-order chi connectivity index (χ0) is 21.7. The fourth-order valence-electron chi connectivity index (χ4n) is 2.76. The Kier molecular flexibility index (Phi) is 7.29. The maximum absolute atomic E-state index is 12.7. The first kappa shape index (κ1) is 22.7. The Bertz CT molecular complexity index is 942. The van der Waals surface area contributed by atoms with Gasteiger partial charge >= 0.3 is 6.18 Å². The molecule has 0 aromatic heterocycles. The third kappa shape index (κ3) is 6.77. The summed E-state index contributed by atoms with van der Waals surface area (Å²) < 4.78 is 63.6. The number of aryl methyl sites for hydroxylation is 1. The molecule has 0 aliphatic carbocycles. The molecule has 158 valence electrons. The van der Waals surface area contributed by atoms with Crippen molar-refractivity contribution in [3.8, 4) is 0 Å². The number of amides is 1. The van der Waals surface area contributed by atoms with Crippen LogP contribution in [0.4, 0.5) is 24.5 Å². The number of anilines is 2. The SMILES string of the molecule is CCc1ccc(N(CCCC(=O)Nc2cccc(C(F)(F)F)c2)S(C)(=O)=O)cc1. The smallest absolute Gasteiger partial charge is 0.326 e. The molecule has 0 saturated carbocycles. The molecular formula is C20H23F3N2O3S. The predicted octanol–water partition coefficient (Wildman–Crippen LogP) is 4.45. The summed E-state index contributed by atoms with van der Waals surface area (Å²) in [5.41, 5.74) is 0.764. The molecule has 0 atom stereocenters. The van der Waals surface area contributed by atoms with Gasteiger partial charge in [-0.05, 0) is 48.7 Å². The normalized spacial score (nSPS) is 11.9. The summed E-state index contributed by atoms with van der Waals surface area (Å²) in [5.74, 6) is -0.487. The molecule has 0 saturated heterocycles. The van der Waals surface area contributed by atoms with Crippen LogP contribution < -0.4 is 9.62 Å². The van der Waals surface area contributed by atoms with Crippen molar-refractivity contribution in [2.24, 2.45) is 0 Å². The number of halogens is 3. The number of benzene rings is 2. The van der Waals surface area contributed by atoms with Crippen molar-refractivity contribution < 1.29 is 26.4 Å². The zero-order valence-corrected chi connectivity index (χ0v) is 17.0. The molecule has 0 spiro atoms. The first-order valence-electron chi connectivity index (χ1n) is 9.04. The van der Waals surface area contributed by atoms with Crippen molar-refractivity contribution in [3.05, 3.63) is 59.7 Å². The van der Waals surface area contributed by atoms with Crippen LogP contribution in [-0.4, -0.2) is 27.1 Å².